The molecule has 1 aromatic heterocycles. The van der Waals surface area contributed by atoms with Crippen LogP contribution < -0.4 is 10.1 Å². The Balaban J connectivity index is 1.38. The zero-order chi connectivity index (χ0) is 20.3. The van der Waals surface area contributed by atoms with Crippen LogP contribution in [0, 0.1) is 0 Å². The number of aromatic nitrogens is 1. The van der Waals surface area contributed by atoms with Gasteiger partial charge in [0.2, 0.25) is 5.88 Å². The highest BCUT2D eigenvalue weighted by Crippen LogP contribution is 2.23. The average molecular weight is 405 g/mol. The number of methoxy groups -OCH3 is 1. The van der Waals surface area contributed by atoms with Gasteiger partial charge in [-0.15, -0.1) is 0 Å². The van der Waals surface area contributed by atoms with E-state index in [2.05, 4.69) is 26.3 Å². The highest BCUT2D eigenvalue weighted by molar-refractivity contribution is 5.79. The molecule has 2 fully saturated rings. The summed E-state index contributed by atoms with van der Waals surface area (Å²) in [6, 6.07) is 4.06. The van der Waals surface area contributed by atoms with E-state index in [4.69, 9.17) is 14.2 Å². The monoisotopic (exact) mass is 404 g/mol. The molecule has 1 saturated carbocycles. The largest absolute Gasteiger partial charge is 0.474 e. The Labute approximate surface area is 174 Å². The van der Waals surface area contributed by atoms with Gasteiger partial charge in [0.25, 0.3) is 0 Å². The number of nitrogens with zero attached hydrogens (tertiary/aromatic N) is 3. The average Bonchev–Trinajstić information content (AvgIpc) is 3.27. The first-order valence-electron chi connectivity index (χ1n) is 11.0. The van der Waals surface area contributed by atoms with Crippen LogP contribution in [0.15, 0.2) is 23.3 Å². The van der Waals surface area contributed by atoms with E-state index in [0.29, 0.717) is 18.8 Å². The number of piperidine rings is 1. The molecular weight excluding hydrogens is 368 g/mol. The highest BCUT2D eigenvalue weighted by atomic mass is 16.5. The lowest BCUT2D eigenvalue weighted by Crippen LogP contribution is -2.46. The van der Waals surface area contributed by atoms with Gasteiger partial charge in [-0.1, -0.05) is 6.07 Å². The van der Waals surface area contributed by atoms with Crippen molar-refractivity contribution in [2.45, 2.75) is 63.7 Å². The van der Waals surface area contributed by atoms with Crippen molar-refractivity contribution in [3.05, 3.63) is 23.9 Å². The summed E-state index contributed by atoms with van der Waals surface area (Å²) < 4.78 is 17.0. The van der Waals surface area contributed by atoms with E-state index in [1.54, 1.807) is 7.11 Å². The van der Waals surface area contributed by atoms with Gasteiger partial charge in [-0.25, -0.2) is 4.98 Å². The minimum absolute atomic E-state index is 0.345. The maximum atomic E-state index is 5.95. The maximum absolute atomic E-state index is 5.95. The second-order valence-electron chi connectivity index (χ2n) is 7.83. The lowest BCUT2D eigenvalue weighted by atomic mass is 10.1. The second-order valence-corrected chi connectivity index (χ2v) is 7.83. The summed E-state index contributed by atoms with van der Waals surface area (Å²) in [5, 5.41) is 3.46. The quantitative estimate of drug-likeness (QED) is 0.388. The smallest absolute Gasteiger partial charge is 0.213 e. The summed E-state index contributed by atoms with van der Waals surface area (Å²) in [6.45, 7) is 4.16. The molecule has 162 valence electrons. The zero-order valence-electron chi connectivity index (χ0n) is 17.9. The molecule has 1 saturated heterocycles. The number of rotatable bonds is 9. The molecule has 0 unspecified atom stereocenters. The molecule has 0 radical (unpaired) electrons. The fourth-order valence-corrected chi connectivity index (χ4v) is 3.96. The molecule has 0 bridgehead atoms. The third-order valence-corrected chi connectivity index (χ3v) is 5.64. The van der Waals surface area contributed by atoms with Crippen molar-refractivity contribution in [3.8, 4) is 5.88 Å². The first-order valence-corrected chi connectivity index (χ1v) is 11.0. The van der Waals surface area contributed by atoms with E-state index in [-0.39, 0.29) is 0 Å². The summed E-state index contributed by atoms with van der Waals surface area (Å²) in [4.78, 5) is 11.2. The van der Waals surface area contributed by atoms with Crippen molar-refractivity contribution in [3.63, 3.8) is 0 Å². The first-order chi connectivity index (χ1) is 14.3. The van der Waals surface area contributed by atoms with E-state index >= 15 is 0 Å². The number of hydrogen-bond acceptors (Lipinski definition) is 5. The van der Waals surface area contributed by atoms with Crippen LogP contribution in [0.3, 0.4) is 0 Å². The van der Waals surface area contributed by atoms with Crippen LogP contribution in [0.25, 0.3) is 0 Å². The molecule has 0 aromatic carbocycles. The van der Waals surface area contributed by atoms with Crippen LogP contribution in [0.5, 0.6) is 5.88 Å². The van der Waals surface area contributed by atoms with Crippen molar-refractivity contribution in [1.29, 1.82) is 0 Å². The fourth-order valence-electron chi connectivity index (χ4n) is 3.96. The number of hydrogen-bond donors (Lipinski definition) is 1. The van der Waals surface area contributed by atoms with E-state index in [1.165, 1.54) is 12.8 Å². The number of pyridine rings is 1. The molecule has 2 heterocycles. The molecule has 2 aliphatic rings. The van der Waals surface area contributed by atoms with Crippen LogP contribution in [0.1, 0.15) is 50.5 Å². The number of likely N-dealkylation sites (tertiary alicyclic amines) is 1. The van der Waals surface area contributed by atoms with Gasteiger partial charge in [0, 0.05) is 59.3 Å². The summed E-state index contributed by atoms with van der Waals surface area (Å²) in [6.07, 6.45) is 10.4. The lowest BCUT2D eigenvalue weighted by molar-refractivity contribution is 0.00989. The number of aliphatic imine (C=N–C) groups is 1. The van der Waals surface area contributed by atoms with Crippen molar-refractivity contribution >= 4 is 5.96 Å². The zero-order valence-corrected chi connectivity index (χ0v) is 17.9. The highest BCUT2D eigenvalue weighted by Gasteiger charge is 2.22. The first kappa shape index (κ1) is 21.8. The van der Waals surface area contributed by atoms with Gasteiger partial charge >= 0.3 is 0 Å². The van der Waals surface area contributed by atoms with Crippen molar-refractivity contribution < 1.29 is 14.2 Å². The Hall–Kier alpha value is -1.86. The number of guanidine groups is 1. The standard InChI is InChI=1S/C22H36N4O3/c1-23-22(26-12-10-19(11-13-26)28-15-5-14-27-2)25-17-18-8-9-21(24-16-18)29-20-6-3-4-7-20/h8-9,16,19-20H,3-7,10-15,17H2,1-2H3,(H,23,25). The summed E-state index contributed by atoms with van der Waals surface area (Å²) in [5.74, 6) is 1.67. The molecule has 1 N–H and O–H groups in total. The molecule has 7 heteroatoms. The molecule has 0 atom stereocenters. The molecule has 7 nitrogen and oxygen atoms in total. The van der Waals surface area contributed by atoms with E-state index in [0.717, 1.165) is 75.8 Å². The fraction of sp³-hybridized carbons (Fsp3) is 0.727. The summed E-state index contributed by atoms with van der Waals surface area (Å²) >= 11 is 0. The number of nitrogens with one attached hydrogen (secondary N) is 1. The normalized spacial score (nSPS) is 19.0. The van der Waals surface area contributed by atoms with Crippen LogP contribution in [-0.4, -0.2) is 68.5 Å². The van der Waals surface area contributed by atoms with E-state index in [9.17, 15) is 0 Å². The maximum Gasteiger partial charge on any atom is 0.213 e. The predicted octanol–water partition coefficient (Wildman–Crippen LogP) is 3.00. The molecular formula is C22H36N4O3. The predicted molar refractivity (Wildman–Crippen MR) is 114 cm³/mol. The topological polar surface area (TPSA) is 68.2 Å². The minimum Gasteiger partial charge on any atom is -0.474 e. The minimum atomic E-state index is 0.345. The van der Waals surface area contributed by atoms with Gasteiger partial charge in [-0.05, 0) is 50.5 Å². The van der Waals surface area contributed by atoms with Crippen molar-refractivity contribution in [2.75, 3.05) is 40.5 Å². The van der Waals surface area contributed by atoms with Crippen LogP contribution in [0.2, 0.25) is 0 Å². The summed E-state index contributed by atoms with van der Waals surface area (Å²) in [5.41, 5.74) is 1.13. The Morgan fingerprint density at radius 1 is 1.14 bits per heavy atom. The molecule has 1 aliphatic heterocycles. The Kier molecular flexibility index (Phi) is 9.02. The van der Waals surface area contributed by atoms with E-state index < -0.39 is 0 Å². The molecule has 3 rings (SSSR count). The van der Waals surface area contributed by atoms with Gasteiger partial charge in [-0.2, -0.15) is 0 Å². The molecule has 1 aliphatic carbocycles. The van der Waals surface area contributed by atoms with Gasteiger partial charge in [0.1, 0.15) is 6.10 Å². The van der Waals surface area contributed by atoms with Gasteiger partial charge in [0.05, 0.1) is 6.10 Å². The Bertz CT molecular complexity index is 609. The van der Waals surface area contributed by atoms with Crippen molar-refractivity contribution in [1.82, 2.24) is 15.2 Å². The Morgan fingerprint density at radius 3 is 2.59 bits per heavy atom. The van der Waals surface area contributed by atoms with Gasteiger partial charge in [-0.3, -0.25) is 4.99 Å². The van der Waals surface area contributed by atoms with Gasteiger partial charge < -0.3 is 24.4 Å². The molecule has 1 aromatic rings. The lowest BCUT2D eigenvalue weighted by Gasteiger charge is -2.34. The van der Waals surface area contributed by atoms with Crippen LogP contribution >= 0.6 is 0 Å². The molecule has 0 spiro atoms. The third-order valence-electron chi connectivity index (χ3n) is 5.64. The van der Waals surface area contributed by atoms with Gasteiger partial charge in [0.15, 0.2) is 5.96 Å². The number of ether oxygens (including phenoxy) is 3. The Morgan fingerprint density at radius 2 is 1.93 bits per heavy atom. The van der Waals surface area contributed by atoms with Crippen LogP contribution in [0.4, 0.5) is 0 Å². The third kappa shape index (κ3) is 7.16. The van der Waals surface area contributed by atoms with Crippen LogP contribution in [-0.2, 0) is 16.0 Å². The summed E-state index contributed by atoms with van der Waals surface area (Å²) in [7, 11) is 3.57. The van der Waals surface area contributed by atoms with Crippen molar-refractivity contribution in [2.24, 2.45) is 4.99 Å². The second kappa shape index (κ2) is 12.0. The molecule has 29 heavy (non-hydrogen) atoms. The van der Waals surface area contributed by atoms with E-state index in [1.807, 2.05) is 19.3 Å². The SMILES string of the molecule is CN=C(NCc1ccc(OC2CCCC2)nc1)N1CCC(OCCCOC)CC1. The molecule has 0 amide bonds.